The molecule has 0 aliphatic rings. The van der Waals surface area contributed by atoms with E-state index < -0.39 is 0 Å². The summed E-state index contributed by atoms with van der Waals surface area (Å²) in [7, 11) is 0. The van der Waals surface area contributed by atoms with Crippen LogP contribution in [0.1, 0.15) is 5.56 Å². The molecule has 0 saturated carbocycles. The predicted octanol–water partition coefficient (Wildman–Crippen LogP) is 3.01. The largest absolute Gasteiger partial charge is 0.330 e. The van der Waals surface area contributed by atoms with E-state index in [1.807, 2.05) is 24.3 Å². The molecule has 1 aromatic carbocycles. The van der Waals surface area contributed by atoms with Gasteiger partial charge in [-0.3, -0.25) is 5.10 Å². The highest BCUT2D eigenvalue weighted by molar-refractivity contribution is 7.73. The molecule has 2 N–H and O–H groups in total. The second kappa shape index (κ2) is 4.88. The number of nitrogens with one attached hydrogen (secondary N) is 2. The normalized spacial score (nSPS) is 9.69. The summed E-state index contributed by atoms with van der Waals surface area (Å²) >= 11 is 6.31. The Labute approximate surface area is 102 Å². The Bertz CT molecular complexity index is 561. The lowest BCUT2D eigenvalue weighted by molar-refractivity contribution is 1.08. The van der Waals surface area contributed by atoms with Gasteiger partial charge >= 0.3 is 0 Å². The van der Waals surface area contributed by atoms with Crippen LogP contribution in [-0.2, 0) is 6.42 Å². The summed E-state index contributed by atoms with van der Waals surface area (Å²) in [5.74, 6) is 0. The van der Waals surface area contributed by atoms with Gasteiger partial charge in [-0.2, -0.15) is 5.26 Å². The maximum Gasteiger partial charge on any atom is 0.208 e. The predicted molar refractivity (Wildman–Crippen MR) is 66.3 cm³/mol. The number of anilines is 2. The fourth-order valence-electron chi connectivity index (χ4n) is 1.20. The molecule has 16 heavy (non-hydrogen) atoms. The molecule has 0 unspecified atom stereocenters. The lowest BCUT2D eigenvalue weighted by Crippen LogP contribution is -1.90. The van der Waals surface area contributed by atoms with Gasteiger partial charge in [0, 0.05) is 5.69 Å². The van der Waals surface area contributed by atoms with E-state index in [9.17, 15) is 0 Å². The van der Waals surface area contributed by atoms with Gasteiger partial charge in [-0.05, 0) is 29.9 Å². The molecule has 0 amide bonds. The highest BCUT2D eigenvalue weighted by Gasteiger charge is 1.98. The lowest BCUT2D eigenvalue weighted by Gasteiger charge is -2.01. The summed E-state index contributed by atoms with van der Waals surface area (Å²) in [6, 6.07) is 9.76. The molecular formula is C10H8N4S2. The molecule has 6 heteroatoms. The van der Waals surface area contributed by atoms with Crippen molar-refractivity contribution in [3.63, 3.8) is 0 Å². The number of aromatic amines is 1. The molecule has 1 aromatic heterocycles. The van der Waals surface area contributed by atoms with E-state index in [0.29, 0.717) is 10.4 Å². The average Bonchev–Trinajstić information content (AvgIpc) is 2.67. The summed E-state index contributed by atoms with van der Waals surface area (Å²) in [5, 5.41) is 19.1. The molecule has 0 aliphatic carbocycles. The molecule has 0 saturated heterocycles. The molecule has 0 spiro atoms. The van der Waals surface area contributed by atoms with Crippen LogP contribution < -0.4 is 5.32 Å². The highest BCUT2D eigenvalue weighted by Crippen LogP contribution is 2.18. The molecule has 0 radical (unpaired) electrons. The Morgan fingerprint density at radius 2 is 2.19 bits per heavy atom. The van der Waals surface area contributed by atoms with E-state index in [1.54, 1.807) is 0 Å². The molecule has 2 rings (SSSR count). The van der Waals surface area contributed by atoms with Crippen molar-refractivity contribution in [3.05, 3.63) is 33.8 Å². The van der Waals surface area contributed by atoms with Crippen molar-refractivity contribution in [2.75, 3.05) is 5.32 Å². The van der Waals surface area contributed by atoms with E-state index in [2.05, 4.69) is 21.6 Å². The van der Waals surface area contributed by atoms with Crippen molar-refractivity contribution in [3.8, 4) is 6.07 Å². The first kappa shape index (κ1) is 10.8. The topological polar surface area (TPSA) is 64.5 Å². The van der Waals surface area contributed by atoms with Crippen molar-refractivity contribution < 1.29 is 0 Å². The number of nitriles is 1. The maximum absolute atomic E-state index is 8.54. The van der Waals surface area contributed by atoms with Crippen LogP contribution in [0.3, 0.4) is 0 Å². The Balaban J connectivity index is 2.11. The van der Waals surface area contributed by atoms with Crippen molar-refractivity contribution in [2.45, 2.75) is 6.42 Å². The summed E-state index contributed by atoms with van der Waals surface area (Å²) in [6.07, 6.45) is 0.432. The fourth-order valence-corrected chi connectivity index (χ4v) is 2.01. The van der Waals surface area contributed by atoms with Gasteiger partial charge in [0.15, 0.2) is 3.95 Å². The van der Waals surface area contributed by atoms with Crippen LogP contribution in [0.2, 0.25) is 0 Å². The van der Waals surface area contributed by atoms with E-state index in [4.69, 9.17) is 17.5 Å². The van der Waals surface area contributed by atoms with Crippen LogP contribution in [0.4, 0.5) is 10.8 Å². The molecule has 0 fully saturated rings. The standard InChI is InChI=1S/C10H8N4S2/c11-6-5-7-1-3-8(4-2-7)12-9-13-14-10(15)16-9/h1-4H,5H2,(H,12,13)(H,14,15). The van der Waals surface area contributed by atoms with Gasteiger partial charge < -0.3 is 5.32 Å². The first-order valence-electron chi connectivity index (χ1n) is 4.56. The quantitative estimate of drug-likeness (QED) is 0.819. The Hall–Kier alpha value is -1.71. The maximum atomic E-state index is 8.54. The monoisotopic (exact) mass is 248 g/mol. The van der Waals surface area contributed by atoms with Gasteiger partial charge in [0.2, 0.25) is 5.13 Å². The zero-order chi connectivity index (χ0) is 11.4. The summed E-state index contributed by atoms with van der Waals surface area (Å²) in [5.41, 5.74) is 1.93. The molecule has 4 nitrogen and oxygen atoms in total. The molecule has 0 bridgehead atoms. The Kier molecular flexibility index (Phi) is 3.29. The summed E-state index contributed by atoms with van der Waals surface area (Å²) in [6.45, 7) is 0. The van der Waals surface area contributed by atoms with Gasteiger partial charge in [-0.25, -0.2) is 0 Å². The number of hydrogen-bond donors (Lipinski definition) is 2. The highest BCUT2D eigenvalue weighted by atomic mass is 32.1. The third-order valence-electron chi connectivity index (χ3n) is 1.93. The minimum Gasteiger partial charge on any atom is -0.330 e. The SMILES string of the molecule is N#CCc1ccc(Nc2n[nH]c(=S)s2)cc1. The van der Waals surface area contributed by atoms with Gasteiger partial charge in [-0.15, -0.1) is 5.10 Å². The molecule has 2 aromatic rings. The van der Waals surface area contributed by atoms with Crippen LogP contribution in [0.5, 0.6) is 0 Å². The van der Waals surface area contributed by atoms with Gasteiger partial charge in [0.05, 0.1) is 12.5 Å². The van der Waals surface area contributed by atoms with Gasteiger partial charge in [-0.1, -0.05) is 23.5 Å². The van der Waals surface area contributed by atoms with Crippen molar-refractivity contribution in [2.24, 2.45) is 0 Å². The van der Waals surface area contributed by atoms with E-state index in [1.165, 1.54) is 11.3 Å². The van der Waals surface area contributed by atoms with Crippen LogP contribution in [-0.4, -0.2) is 10.2 Å². The smallest absolute Gasteiger partial charge is 0.208 e. The first-order chi connectivity index (χ1) is 7.78. The van der Waals surface area contributed by atoms with Crippen LogP contribution >= 0.6 is 23.6 Å². The lowest BCUT2D eigenvalue weighted by atomic mass is 10.1. The number of hydrogen-bond acceptors (Lipinski definition) is 5. The zero-order valence-corrected chi connectivity index (χ0v) is 9.86. The third-order valence-corrected chi connectivity index (χ3v) is 2.93. The molecular weight excluding hydrogens is 240 g/mol. The van der Waals surface area contributed by atoms with Gasteiger partial charge in [0.1, 0.15) is 0 Å². The van der Waals surface area contributed by atoms with E-state index in [0.717, 1.165) is 16.4 Å². The van der Waals surface area contributed by atoms with E-state index >= 15 is 0 Å². The second-order valence-corrected chi connectivity index (χ2v) is 4.74. The molecule has 0 atom stereocenters. The minimum atomic E-state index is 0.432. The molecule has 0 aliphatic heterocycles. The van der Waals surface area contributed by atoms with Crippen molar-refractivity contribution in [1.29, 1.82) is 5.26 Å². The third kappa shape index (κ3) is 2.66. The second-order valence-electron chi connectivity index (χ2n) is 3.08. The zero-order valence-electron chi connectivity index (χ0n) is 8.23. The van der Waals surface area contributed by atoms with Crippen molar-refractivity contribution in [1.82, 2.24) is 10.2 Å². The van der Waals surface area contributed by atoms with Crippen LogP contribution in [0.25, 0.3) is 0 Å². The number of nitrogens with zero attached hydrogens (tertiary/aromatic N) is 2. The Morgan fingerprint density at radius 3 is 2.75 bits per heavy atom. The van der Waals surface area contributed by atoms with Crippen LogP contribution in [0.15, 0.2) is 24.3 Å². The average molecular weight is 248 g/mol. The molecule has 80 valence electrons. The number of aromatic nitrogens is 2. The number of benzene rings is 1. The summed E-state index contributed by atoms with van der Waals surface area (Å²) in [4.78, 5) is 0. The van der Waals surface area contributed by atoms with Crippen LogP contribution in [0, 0.1) is 15.3 Å². The van der Waals surface area contributed by atoms with Crippen molar-refractivity contribution >= 4 is 34.4 Å². The minimum absolute atomic E-state index is 0.432. The van der Waals surface area contributed by atoms with Gasteiger partial charge in [0.25, 0.3) is 0 Å². The first-order valence-corrected chi connectivity index (χ1v) is 5.79. The fraction of sp³-hybridized carbons (Fsp3) is 0.100. The number of rotatable bonds is 3. The Morgan fingerprint density at radius 1 is 1.44 bits per heavy atom. The number of H-pyrrole nitrogens is 1. The summed E-state index contributed by atoms with van der Waals surface area (Å²) < 4.78 is 0.642. The molecule has 1 heterocycles. The van der Waals surface area contributed by atoms with E-state index in [-0.39, 0.29) is 0 Å².